The zero-order valence-electron chi connectivity index (χ0n) is 10.6. The van der Waals surface area contributed by atoms with Crippen LogP contribution in [-0.4, -0.2) is 0 Å². The van der Waals surface area contributed by atoms with Crippen molar-refractivity contribution in [3.8, 4) is 17.6 Å². The minimum atomic E-state index is 0.0133. The molecular weight excluding hydrogens is 234 g/mol. The summed E-state index contributed by atoms with van der Waals surface area (Å²) < 4.78 is 5.80. The van der Waals surface area contributed by atoms with Gasteiger partial charge in [0.1, 0.15) is 11.5 Å². The van der Waals surface area contributed by atoms with Crippen LogP contribution in [-0.2, 0) is 0 Å². The van der Waals surface area contributed by atoms with E-state index in [1.165, 1.54) is 12.8 Å². The van der Waals surface area contributed by atoms with Gasteiger partial charge in [0.15, 0.2) is 0 Å². The third-order valence-corrected chi connectivity index (χ3v) is 3.43. The van der Waals surface area contributed by atoms with Crippen LogP contribution in [0.25, 0.3) is 0 Å². The number of rotatable bonds is 4. The molecule has 3 rings (SSSR count). The molecule has 2 aromatic carbocycles. The van der Waals surface area contributed by atoms with Crippen molar-refractivity contribution in [2.45, 2.75) is 18.8 Å². The minimum Gasteiger partial charge on any atom is -0.457 e. The lowest BCUT2D eigenvalue weighted by molar-refractivity contribution is 0.481. The number of nitrogens with zero attached hydrogens (tertiary/aromatic N) is 1. The zero-order chi connectivity index (χ0) is 13.1. The summed E-state index contributed by atoms with van der Waals surface area (Å²) in [5, 5.41) is 9.28. The van der Waals surface area contributed by atoms with Crippen LogP contribution >= 0.6 is 0 Å². The van der Waals surface area contributed by atoms with Gasteiger partial charge in [0.2, 0.25) is 0 Å². The summed E-state index contributed by atoms with van der Waals surface area (Å²) in [5.41, 5.74) is 1.07. The molecule has 1 saturated carbocycles. The first kappa shape index (κ1) is 11.8. The van der Waals surface area contributed by atoms with Gasteiger partial charge in [-0.1, -0.05) is 30.3 Å². The molecule has 0 amide bonds. The smallest absolute Gasteiger partial charge is 0.127 e. The Morgan fingerprint density at radius 2 is 1.74 bits per heavy atom. The number of benzene rings is 2. The summed E-state index contributed by atoms with van der Waals surface area (Å²) in [5.74, 6) is 2.17. The third kappa shape index (κ3) is 2.77. The van der Waals surface area contributed by atoms with Gasteiger partial charge >= 0.3 is 0 Å². The van der Waals surface area contributed by atoms with Crippen LogP contribution in [0.1, 0.15) is 24.3 Å². The Labute approximate surface area is 113 Å². The summed E-state index contributed by atoms with van der Waals surface area (Å²) in [6, 6.07) is 20.0. The van der Waals surface area contributed by atoms with Gasteiger partial charge in [-0.2, -0.15) is 5.26 Å². The predicted octanol–water partition coefficient (Wildman–Crippen LogP) is 4.50. The van der Waals surface area contributed by atoms with Crippen molar-refractivity contribution in [2.75, 3.05) is 0 Å². The van der Waals surface area contributed by atoms with E-state index in [-0.39, 0.29) is 5.92 Å². The monoisotopic (exact) mass is 249 g/mol. The van der Waals surface area contributed by atoms with E-state index in [2.05, 4.69) is 6.07 Å². The number of hydrogen-bond donors (Lipinski definition) is 0. The van der Waals surface area contributed by atoms with Gasteiger partial charge in [-0.15, -0.1) is 0 Å². The molecule has 19 heavy (non-hydrogen) atoms. The van der Waals surface area contributed by atoms with E-state index in [1.54, 1.807) is 0 Å². The Morgan fingerprint density at radius 3 is 2.42 bits per heavy atom. The fraction of sp³-hybridized carbons (Fsp3) is 0.235. The van der Waals surface area contributed by atoms with E-state index >= 15 is 0 Å². The van der Waals surface area contributed by atoms with Gasteiger partial charge in [0.25, 0.3) is 0 Å². The van der Waals surface area contributed by atoms with Gasteiger partial charge in [-0.3, -0.25) is 0 Å². The van der Waals surface area contributed by atoms with Crippen LogP contribution in [0.5, 0.6) is 11.5 Å². The lowest BCUT2D eigenvalue weighted by Gasteiger charge is -2.10. The number of hydrogen-bond acceptors (Lipinski definition) is 2. The molecule has 0 heterocycles. The first-order chi connectivity index (χ1) is 9.36. The maximum atomic E-state index is 9.28. The van der Waals surface area contributed by atoms with Crippen molar-refractivity contribution in [3.05, 3.63) is 60.2 Å². The quantitative estimate of drug-likeness (QED) is 0.799. The summed E-state index contributed by atoms with van der Waals surface area (Å²) in [4.78, 5) is 0. The molecule has 0 spiro atoms. The van der Waals surface area contributed by atoms with E-state index in [1.807, 2.05) is 54.6 Å². The average molecular weight is 249 g/mol. The number of ether oxygens (including phenoxy) is 1. The third-order valence-electron chi connectivity index (χ3n) is 3.43. The van der Waals surface area contributed by atoms with E-state index in [9.17, 15) is 5.26 Å². The van der Waals surface area contributed by atoms with E-state index in [4.69, 9.17) is 4.74 Å². The van der Waals surface area contributed by atoms with Crippen molar-refractivity contribution in [2.24, 2.45) is 5.92 Å². The van der Waals surface area contributed by atoms with Crippen LogP contribution in [0, 0.1) is 17.2 Å². The Kier molecular flexibility index (Phi) is 3.20. The SMILES string of the molecule is N#CC(c1cccc(Oc2ccccc2)c1)C1CC1. The van der Waals surface area contributed by atoms with Crippen molar-refractivity contribution in [1.29, 1.82) is 5.26 Å². The molecule has 0 N–H and O–H groups in total. The van der Waals surface area contributed by atoms with Crippen molar-refractivity contribution < 1.29 is 4.74 Å². The molecule has 0 saturated heterocycles. The average Bonchev–Trinajstić information content (AvgIpc) is 3.26. The second kappa shape index (κ2) is 5.16. The highest BCUT2D eigenvalue weighted by Crippen LogP contribution is 2.42. The summed E-state index contributed by atoms with van der Waals surface area (Å²) >= 11 is 0. The topological polar surface area (TPSA) is 33.0 Å². The maximum absolute atomic E-state index is 9.28. The van der Waals surface area contributed by atoms with E-state index in [0.717, 1.165) is 17.1 Å². The molecule has 0 radical (unpaired) electrons. The lowest BCUT2D eigenvalue weighted by atomic mass is 9.96. The highest BCUT2D eigenvalue weighted by Gasteiger charge is 2.32. The molecule has 1 unspecified atom stereocenters. The van der Waals surface area contributed by atoms with Crippen LogP contribution in [0.15, 0.2) is 54.6 Å². The normalized spacial score (nSPS) is 15.5. The summed E-state index contributed by atoms with van der Waals surface area (Å²) in [7, 11) is 0. The van der Waals surface area contributed by atoms with Crippen LogP contribution in [0.2, 0.25) is 0 Å². The minimum absolute atomic E-state index is 0.0133. The Bertz CT molecular complexity index is 596. The van der Waals surface area contributed by atoms with Crippen LogP contribution in [0.4, 0.5) is 0 Å². The maximum Gasteiger partial charge on any atom is 0.127 e. The van der Waals surface area contributed by atoms with Gasteiger partial charge in [0, 0.05) is 0 Å². The molecular formula is C17H15NO. The largest absolute Gasteiger partial charge is 0.457 e. The first-order valence-corrected chi connectivity index (χ1v) is 6.59. The second-order valence-electron chi connectivity index (χ2n) is 4.93. The molecule has 1 atom stereocenters. The molecule has 94 valence electrons. The fourth-order valence-electron chi connectivity index (χ4n) is 2.28. The van der Waals surface area contributed by atoms with E-state index in [0.29, 0.717) is 5.92 Å². The van der Waals surface area contributed by atoms with Gasteiger partial charge in [-0.25, -0.2) is 0 Å². The number of nitriles is 1. The molecule has 1 aliphatic rings. The first-order valence-electron chi connectivity index (χ1n) is 6.59. The molecule has 1 fully saturated rings. The standard InChI is InChI=1S/C17H15NO/c18-12-17(13-9-10-13)14-5-4-8-16(11-14)19-15-6-2-1-3-7-15/h1-8,11,13,17H,9-10H2. The van der Waals surface area contributed by atoms with Gasteiger partial charge in [0.05, 0.1) is 12.0 Å². The highest BCUT2D eigenvalue weighted by molar-refractivity contribution is 5.37. The Hall–Kier alpha value is -2.27. The van der Waals surface area contributed by atoms with Crippen molar-refractivity contribution in [3.63, 3.8) is 0 Å². The van der Waals surface area contributed by atoms with Crippen LogP contribution < -0.4 is 4.74 Å². The molecule has 0 bridgehead atoms. The molecule has 0 aromatic heterocycles. The van der Waals surface area contributed by atoms with Crippen molar-refractivity contribution >= 4 is 0 Å². The molecule has 1 aliphatic carbocycles. The summed E-state index contributed by atoms with van der Waals surface area (Å²) in [6.07, 6.45) is 2.34. The predicted molar refractivity (Wildman–Crippen MR) is 74.0 cm³/mol. The molecule has 0 aliphatic heterocycles. The molecule has 2 heteroatoms. The Morgan fingerprint density at radius 1 is 1.00 bits per heavy atom. The fourth-order valence-corrected chi connectivity index (χ4v) is 2.28. The Balaban J connectivity index is 1.82. The summed E-state index contributed by atoms with van der Waals surface area (Å²) in [6.45, 7) is 0. The number of para-hydroxylation sites is 1. The second-order valence-corrected chi connectivity index (χ2v) is 4.93. The highest BCUT2D eigenvalue weighted by atomic mass is 16.5. The molecule has 2 aromatic rings. The van der Waals surface area contributed by atoms with Crippen molar-refractivity contribution in [1.82, 2.24) is 0 Å². The lowest BCUT2D eigenvalue weighted by Crippen LogP contribution is -1.98. The zero-order valence-corrected chi connectivity index (χ0v) is 10.6. The van der Waals surface area contributed by atoms with Gasteiger partial charge < -0.3 is 4.74 Å². The van der Waals surface area contributed by atoms with E-state index < -0.39 is 0 Å². The molecule has 2 nitrogen and oxygen atoms in total. The van der Waals surface area contributed by atoms with Crippen LogP contribution in [0.3, 0.4) is 0 Å². The van der Waals surface area contributed by atoms with Gasteiger partial charge in [-0.05, 0) is 48.6 Å².